The molecule has 0 aromatic heterocycles. The molecule has 0 bridgehead atoms. The molecule has 0 saturated heterocycles. The molecule has 32 heavy (non-hydrogen) atoms. The maximum Gasteiger partial charge on any atom is 0.325 e. The van der Waals surface area contributed by atoms with Gasteiger partial charge in [0, 0.05) is 18.2 Å². The van der Waals surface area contributed by atoms with Crippen LogP contribution in [0.4, 0.5) is 10.5 Å². The maximum absolute atomic E-state index is 13.6. The molecule has 1 fully saturated rings. The van der Waals surface area contributed by atoms with Gasteiger partial charge in [0.15, 0.2) is 11.5 Å². The normalized spacial score (nSPS) is 19.8. The third-order valence-electron chi connectivity index (χ3n) is 6.89. The Bertz CT molecular complexity index is 1050. The molecule has 1 N–H and O–H groups in total. The van der Waals surface area contributed by atoms with Gasteiger partial charge in [0.1, 0.15) is 6.54 Å². The number of hydrogen-bond donors (Lipinski definition) is 1. The standard InChI is InChI=1S/C25H29N3O4/c1-31-21-13-16-11-12-27-24(19(16)14-22(21)32-2)18-9-5-6-10-20(18)28(25(27)30)15-23(29)26-17-7-3-4-8-17/h5-6,9-10,13-14,17,24H,3-4,7-8,11-12,15H2,1-2H3,(H,26,29). The van der Waals surface area contributed by atoms with Gasteiger partial charge in [-0.2, -0.15) is 0 Å². The number of para-hydroxylation sites is 1. The van der Waals surface area contributed by atoms with Crippen molar-refractivity contribution in [1.82, 2.24) is 10.2 Å². The molecule has 3 aliphatic rings. The molecule has 2 aromatic rings. The van der Waals surface area contributed by atoms with Crippen molar-refractivity contribution >= 4 is 17.6 Å². The molecule has 168 valence electrons. The van der Waals surface area contributed by atoms with Crippen molar-refractivity contribution in [3.63, 3.8) is 0 Å². The molecule has 7 nitrogen and oxygen atoms in total. The van der Waals surface area contributed by atoms with Crippen LogP contribution in [0.15, 0.2) is 36.4 Å². The van der Waals surface area contributed by atoms with Crippen LogP contribution in [-0.2, 0) is 11.2 Å². The van der Waals surface area contributed by atoms with Crippen LogP contribution in [0, 0.1) is 0 Å². The summed E-state index contributed by atoms with van der Waals surface area (Å²) in [5.41, 5.74) is 4.01. The Morgan fingerprint density at radius 2 is 1.78 bits per heavy atom. The minimum absolute atomic E-state index is 0.0361. The molecule has 1 atom stereocenters. The topological polar surface area (TPSA) is 71.1 Å². The number of carbonyl (C=O) groups is 2. The van der Waals surface area contributed by atoms with E-state index in [1.807, 2.05) is 41.3 Å². The first-order valence-corrected chi connectivity index (χ1v) is 11.3. The molecule has 5 rings (SSSR count). The van der Waals surface area contributed by atoms with Crippen LogP contribution in [0.25, 0.3) is 0 Å². The van der Waals surface area contributed by atoms with Gasteiger partial charge in [-0.3, -0.25) is 9.69 Å². The van der Waals surface area contributed by atoms with Gasteiger partial charge in [-0.1, -0.05) is 31.0 Å². The number of rotatable bonds is 5. The summed E-state index contributed by atoms with van der Waals surface area (Å²) in [5.74, 6) is 1.25. The summed E-state index contributed by atoms with van der Waals surface area (Å²) < 4.78 is 11.0. The van der Waals surface area contributed by atoms with Gasteiger partial charge in [-0.05, 0) is 48.6 Å². The second kappa shape index (κ2) is 8.37. The summed E-state index contributed by atoms with van der Waals surface area (Å²) in [6, 6.07) is 11.8. The number of anilines is 1. The lowest BCUT2D eigenvalue weighted by molar-refractivity contribution is -0.120. The summed E-state index contributed by atoms with van der Waals surface area (Å²) in [5, 5.41) is 3.11. The van der Waals surface area contributed by atoms with E-state index >= 15 is 0 Å². The van der Waals surface area contributed by atoms with Crippen LogP contribution < -0.4 is 19.7 Å². The molecule has 2 aromatic carbocycles. The quantitative estimate of drug-likeness (QED) is 0.778. The van der Waals surface area contributed by atoms with Gasteiger partial charge in [-0.15, -0.1) is 0 Å². The summed E-state index contributed by atoms with van der Waals surface area (Å²) in [4.78, 5) is 29.9. The molecule has 1 saturated carbocycles. The van der Waals surface area contributed by atoms with E-state index in [1.54, 1.807) is 19.1 Å². The minimum Gasteiger partial charge on any atom is -0.493 e. The van der Waals surface area contributed by atoms with E-state index in [2.05, 4.69) is 5.32 Å². The number of methoxy groups -OCH3 is 2. The molecule has 7 heteroatoms. The molecule has 0 spiro atoms. The van der Waals surface area contributed by atoms with Crippen LogP contribution in [0.5, 0.6) is 11.5 Å². The first kappa shape index (κ1) is 20.7. The monoisotopic (exact) mass is 435 g/mol. The Kier molecular flexibility index (Phi) is 5.41. The van der Waals surface area contributed by atoms with E-state index in [9.17, 15) is 9.59 Å². The van der Waals surface area contributed by atoms with Gasteiger partial charge in [0.25, 0.3) is 0 Å². The zero-order valence-corrected chi connectivity index (χ0v) is 18.6. The Balaban J connectivity index is 1.51. The fourth-order valence-electron chi connectivity index (χ4n) is 5.35. The van der Waals surface area contributed by atoms with E-state index in [0.717, 1.165) is 54.5 Å². The Morgan fingerprint density at radius 3 is 2.53 bits per heavy atom. The molecule has 2 aliphatic heterocycles. The van der Waals surface area contributed by atoms with Crippen LogP contribution in [0.2, 0.25) is 0 Å². The van der Waals surface area contributed by atoms with Crippen molar-refractivity contribution < 1.29 is 19.1 Å². The zero-order valence-electron chi connectivity index (χ0n) is 18.6. The summed E-state index contributed by atoms with van der Waals surface area (Å²) >= 11 is 0. The fraction of sp³-hybridized carbons (Fsp3) is 0.440. The van der Waals surface area contributed by atoms with E-state index in [1.165, 1.54) is 0 Å². The largest absolute Gasteiger partial charge is 0.493 e. The molecular formula is C25H29N3O4. The second-order valence-corrected chi connectivity index (χ2v) is 8.73. The highest BCUT2D eigenvalue weighted by Gasteiger charge is 2.42. The van der Waals surface area contributed by atoms with E-state index in [4.69, 9.17) is 9.47 Å². The SMILES string of the molecule is COc1cc2c(cc1OC)C1c3ccccc3N(CC(=O)NC3CCCC3)C(=O)N1CC2. The number of ether oxygens (including phenoxy) is 2. The van der Waals surface area contributed by atoms with Crippen LogP contribution >= 0.6 is 0 Å². The highest BCUT2D eigenvalue weighted by atomic mass is 16.5. The Labute approximate surface area is 188 Å². The molecule has 1 unspecified atom stereocenters. The maximum atomic E-state index is 13.6. The van der Waals surface area contributed by atoms with Crippen LogP contribution in [-0.4, -0.2) is 50.2 Å². The van der Waals surface area contributed by atoms with Crippen molar-refractivity contribution in [2.75, 3.05) is 32.2 Å². The average molecular weight is 436 g/mol. The molecule has 2 heterocycles. The van der Waals surface area contributed by atoms with E-state index < -0.39 is 0 Å². The predicted molar refractivity (Wildman–Crippen MR) is 121 cm³/mol. The first-order valence-electron chi connectivity index (χ1n) is 11.3. The number of hydrogen-bond acceptors (Lipinski definition) is 4. The highest BCUT2D eigenvalue weighted by molar-refractivity contribution is 6.01. The summed E-state index contributed by atoms with van der Waals surface area (Å²) in [6.45, 7) is 0.620. The number of nitrogens with zero attached hydrogens (tertiary/aromatic N) is 2. The number of nitrogens with one attached hydrogen (secondary N) is 1. The highest BCUT2D eigenvalue weighted by Crippen LogP contribution is 2.46. The van der Waals surface area contributed by atoms with Crippen LogP contribution in [0.1, 0.15) is 48.4 Å². The van der Waals surface area contributed by atoms with Crippen LogP contribution in [0.3, 0.4) is 0 Å². The smallest absolute Gasteiger partial charge is 0.325 e. The van der Waals surface area contributed by atoms with Crippen molar-refractivity contribution in [3.05, 3.63) is 53.1 Å². The number of amides is 3. The molecular weight excluding hydrogens is 406 g/mol. The minimum atomic E-state index is -0.212. The predicted octanol–water partition coefficient (Wildman–Crippen LogP) is 3.65. The van der Waals surface area contributed by atoms with E-state index in [0.29, 0.717) is 18.0 Å². The van der Waals surface area contributed by atoms with Crippen molar-refractivity contribution in [1.29, 1.82) is 0 Å². The third kappa shape index (κ3) is 3.45. The first-order chi connectivity index (χ1) is 15.6. The lowest BCUT2D eigenvalue weighted by Gasteiger charge is -2.45. The number of urea groups is 1. The molecule has 3 amide bonds. The van der Waals surface area contributed by atoms with E-state index in [-0.39, 0.29) is 30.6 Å². The van der Waals surface area contributed by atoms with Crippen molar-refractivity contribution in [3.8, 4) is 11.5 Å². The lowest BCUT2D eigenvalue weighted by Crippen LogP contribution is -2.54. The van der Waals surface area contributed by atoms with Gasteiger partial charge in [0.2, 0.25) is 5.91 Å². The van der Waals surface area contributed by atoms with Gasteiger partial charge in [0.05, 0.1) is 25.9 Å². The average Bonchev–Trinajstić information content (AvgIpc) is 3.33. The van der Waals surface area contributed by atoms with Crippen molar-refractivity contribution in [2.24, 2.45) is 0 Å². The second-order valence-electron chi connectivity index (χ2n) is 8.73. The molecule has 1 aliphatic carbocycles. The molecule has 0 radical (unpaired) electrons. The van der Waals surface area contributed by atoms with Crippen molar-refractivity contribution in [2.45, 2.75) is 44.2 Å². The fourth-order valence-corrected chi connectivity index (χ4v) is 5.35. The van der Waals surface area contributed by atoms with Gasteiger partial charge in [-0.25, -0.2) is 4.79 Å². The Morgan fingerprint density at radius 1 is 1.06 bits per heavy atom. The number of benzene rings is 2. The summed E-state index contributed by atoms with van der Waals surface area (Å²) in [7, 11) is 3.25. The Hall–Kier alpha value is -3.22. The third-order valence-corrected chi connectivity index (χ3v) is 6.89. The zero-order chi connectivity index (χ0) is 22.2. The van der Waals surface area contributed by atoms with Gasteiger partial charge >= 0.3 is 6.03 Å². The summed E-state index contributed by atoms with van der Waals surface area (Å²) in [6.07, 6.45) is 5.07. The lowest BCUT2D eigenvalue weighted by atomic mass is 9.85. The number of carbonyl (C=O) groups excluding carboxylic acids is 2. The number of fused-ring (bicyclic) bond motifs is 5. The van der Waals surface area contributed by atoms with Gasteiger partial charge < -0.3 is 19.7 Å².